The summed E-state index contributed by atoms with van der Waals surface area (Å²) >= 11 is 6.10. The van der Waals surface area contributed by atoms with Gasteiger partial charge in [0.1, 0.15) is 5.60 Å². The van der Waals surface area contributed by atoms with Crippen molar-refractivity contribution in [2.45, 2.75) is 77.5 Å². The maximum Gasteiger partial charge on any atom is 0.410 e. The summed E-state index contributed by atoms with van der Waals surface area (Å²) in [6.45, 7) is 9.98. The first kappa shape index (κ1) is 18.1. The summed E-state index contributed by atoms with van der Waals surface area (Å²) < 4.78 is 5.67. The first-order chi connectivity index (χ1) is 10.6. The van der Waals surface area contributed by atoms with Crippen LogP contribution < -0.4 is 0 Å². The van der Waals surface area contributed by atoms with E-state index < -0.39 is 5.60 Å². The van der Waals surface area contributed by atoms with Gasteiger partial charge in [-0.25, -0.2) is 4.79 Å². The van der Waals surface area contributed by atoms with Crippen LogP contribution in [0.1, 0.15) is 59.4 Å². The molecule has 0 spiro atoms. The smallest absolute Gasteiger partial charge is 0.410 e. The number of rotatable bonds is 2. The third-order valence-corrected chi connectivity index (χ3v) is 4.53. The number of benzene rings is 1. The molecule has 0 radical (unpaired) electrons. The lowest BCUT2D eigenvalue weighted by molar-refractivity contribution is -0.0260. The summed E-state index contributed by atoms with van der Waals surface area (Å²) in [5.74, 6) is 0. The van der Waals surface area contributed by atoms with E-state index in [2.05, 4.69) is 19.9 Å². The molecule has 0 N–H and O–H groups in total. The summed E-state index contributed by atoms with van der Waals surface area (Å²) in [7, 11) is 0. The maximum atomic E-state index is 12.8. The Balaban J connectivity index is 2.22. The van der Waals surface area contributed by atoms with E-state index in [4.69, 9.17) is 16.3 Å². The number of nitrogens with zero attached hydrogens (tertiary/aromatic N) is 1. The van der Waals surface area contributed by atoms with Gasteiger partial charge in [0, 0.05) is 16.6 Å². The molecule has 1 aliphatic heterocycles. The van der Waals surface area contributed by atoms with Gasteiger partial charge in [-0.1, -0.05) is 23.7 Å². The second-order valence-corrected chi connectivity index (χ2v) is 8.48. The van der Waals surface area contributed by atoms with Gasteiger partial charge in [0.25, 0.3) is 0 Å². The number of amides is 1. The van der Waals surface area contributed by atoms with Crippen molar-refractivity contribution in [2.24, 2.45) is 0 Å². The highest BCUT2D eigenvalue weighted by atomic mass is 35.5. The van der Waals surface area contributed by atoms with Gasteiger partial charge in [-0.05, 0) is 78.0 Å². The molecule has 1 aromatic rings. The average Bonchev–Trinajstić information content (AvgIpc) is 2.35. The van der Waals surface area contributed by atoms with Gasteiger partial charge in [0.05, 0.1) is 0 Å². The molecule has 1 atom stereocenters. The highest BCUT2D eigenvalue weighted by Gasteiger charge is 2.41. The van der Waals surface area contributed by atoms with E-state index in [1.54, 1.807) is 0 Å². The van der Waals surface area contributed by atoms with Gasteiger partial charge < -0.3 is 4.74 Å². The highest BCUT2D eigenvalue weighted by Crippen LogP contribution is 2.34. The van der Waals surface area contributed by atoms with Crippen LogP contribution in [0.4, 0.5) is 4.79 Å². The molecule has 1 saturated heterocycles. The molecule has 0 unspecified atom stereocenters. The molecule has 1 aliphatic rings. The van der Waals surface area contributed by atoms with Crippen LogP contribution in [0.2, 0.25) is 5.02 Å². The van der Waals surface area contributed by atoms with Crippen LogP contribution in [0.15, 0.2) is 24.3 Å². The van der Waals surface area contributed by atoms with Gasteiger partial charge in [0.2, 0.25) is 0 Å². The molecule has 0 bridgehead atoms. The van der Waals surface area contributed by atoms with Crippen molar-refractivity contribution < 1.29 is 9.53 Å². The fraction of sp³-hybridized carbons (Fsp3) is 0.632. The largest absolute Gasteiger partial charge is 0.444 e. The predicted molar refractivity (Wildman–Crippen MR) is 94.9 cm³/mol. The molecule has 3 nitrogen and oxygen atoms in total. The molecule has 1 fully saturated rings. The van der Waals surface area contributed by atoms with Gasteiger partial charge in [-0.2, -0.15) is 0 Å². The Morgan fingerprint density at radius 2 is 2.09 bits per heavy atom. The van der Waals surface area contributed by atoms with E-state index in [0.717, 1.165) is 36.3 Å². The van der Waals surface area contributed by atoms with Crippen molar-refractivity contribution in [3.63, 3.8) is 0 Å². The normalized spacial score (nSPS) is 21.1. The Labute approximate surface area is 145 Å². The van der Waals surface area contributed by atoms with Gasteiger partial charge in [-0.15, -0.1) is 0 Å². The molecule has 23 heavy (non-hydrogen) atoms. The minimum atomic E-state index is -0.481. The minimum absolute atomic E-state index is 0.145. The number of hydrogen-bond acceptors (Lipinski definition) is 2. The number of ether oxygens (including phenoxy) is 1. The molecular formula is C19H28ClNO2. The Morgan fingerprint density at radius 3 is 2.70 bits per heavy atom. The van der Waals surface area contributed by atoms with Crippen LogP contribution in [0.25, 0.3) is 0 Å². The Hall–Kier alpha value is -1.22. The molecule has 0 aromatic heterocycles. The number of likely N-dealkylation sites (tertiary alicyclic amines) is 1. The molecule has 4 heteroatoms. The maximum absolute atomic E-state index is 12.8. The lowest BCUT2D eigenvalue weighted by Gasteiger charge is -2.48. The summed E-state index contributed by atoms with van der Waals surface area (Å²) in [4.78, 5) is 14.7. The average molecular weight is 338 g/mol. The monoisotopic (exact) mass is 337 g/mol. The number of piperidine rings is 1. The molecule has 1 heterocycles. The third-order valence-electron chi connectivity index (χ3n) is 4.29. The van der Waals surface area contributed by atoms with Crippen LogP contribution in [0.5, 0.6) is 0 Å². The topological polar surface area (TPSA) is 29.5 Å². The van der Waals surface area contributed by atoms with E-state index in [1.807, 2.05) is 43.9 Å². The van der Waals surface area contributed by atoms with Crippen molar-refractivity contribution in [3.05, 3.63) is 34.9 Å². The molecule has 128 valence electrons. The molecule has 2 rings (SSSR count). The van der Waals surface area contributed by atoms with E-state index in [1.165, 1.54) is 0 Å². The Kier molecular flexibility index (Phi) is 5.30. The van der Waals surface area contributed by atoms with E-state index >= 15 is 0 Å². The van der Waals surface area contributed by atoms with E-state index in [0.29, 0.717) is 0 Å². The van der Waals surface area contributed by atoms with Crippen LogP contribution in [0, 0.1) is 0 Å². The lowest BCUT2D eigenvalue weighted by atomic mass is 9.84. The Morgan fingerprint density at radius 1 is 1.39 bits per heavy atom. The number of halogens is 1. The van der Waals surface area contributed by atoms with Crippen LogP contribution in [0.3, 0.4) is 0 Å². The van der Waals surface area contributed by atoms with Crippen molar-refractivity contribution in [2.75, 3.05) is 0 Å². The van der Waals surface area contributed by atoms with Crippen LogP contribution in [-0.2, 0) is 11.2 Å². The van der Waals surface area contributed by atoms with E-state index in [-0.39, 0.29) is 17.7 Å². The van der Waals surface area contributed by atoms with Crippen molar-refractivity contribution in [1.29, 1.82) is 0 Å². The van der Waals surface area contributed by atoms with Crippen molar-refractivity contribution >= 4 is 17.7 Å². The summed E-state index contributed by atoms with van der Waals surface area (Å²) in [5, 5.41) is 0.737. The standard InChI is InChI=1S/C19H28ClNO2/c1-18(2,3)23-17(22)21-16(10-7-11-19(21,4)5)13-14-8-6-9-15(20)12-14/h6,8-9,12,16H,7,10-11,13H2,1-5H3/t16-/m1/s1. The van der Waals surface area contributed by atoms with E-state index in [9.17, 15) is 4.79 Å². The summed E-state index contributed by atoms with van der Waals surface area (Å²) in [6, 6.07) is 8.04. The van der Waals surface area contributed by atoms with Crippen LogP contribution in [-0.4, -0.2) is 28.2 Å². The summed E-state index contributed by atoms with van der Waals surface area (Å²) in [6.07, 6.45) is 3.71. The quantitative estimate of drug-likeness (QED) is 0.718. The highest BCUT2D eigenvalue weighted by molar-refractivity contribution is 6.30. The second kappa shape index (κ2) is 6.72. The zero-order chi connectivity index (χ0) is 17.3. The second-order valence-electron chi connectivity index (χ2n) is 8.04. The number of carbonyl (C=O) groups excluding carboxylic acids is 1. The first-order valence-corrected chi connectivity index (χ1v) is 8.73. The van der Waals surface area contributed by atoms with Crippen molar-refractivity contribution in [1.82, 2.24) is 4.90 Å². The molecule has 1 amide bonds. The zero-order valence-corrected chi connectivity index (χ0v) is 15.6. The molecule has 0 aliphatic carbocycles. The van der Waals surface area contributed by atoms with Gasteiger partial charge in [0.15, 0.2) is 0 Å². The van der Waals surface area contributed by atoms with Gasteiger partial charge >= 0.3 is 6.09 Å². The molecule has 0 saturated carbocycles. The third kappa shape index (κ3) is 4.87. The molecule has 1 aromatic carbocycles. The fourth-order valence-corrected chi connectivity index (χ4v) is 3.56. The minimum Gasteiger partial charge on any atom is -0.444 e. The van der Waals surface area contributed by atoms with Crippen LogP contribution >= 0.6 is 11.6 Å². The fourth-order valence-electron chi connectivity index (χ4n) is 3.35. The Bertz CT molecular complexity index is 563. The SMILES string of the molecule is CC(C)(C)OC(=O)N1[C@@H](Cc2cccc(Cl)c2)CCCC1(C)C. The predicted octanol–water partition coefficient (Wildman–Crippen LogP) is 5.45. The molecular weight excluding hydrogens is 310 g/mol. The lowest BCUT2D eigenvalue weighted by Crippen LogP contribution is -2.57. The zero-order valence-electron chi connectivity index (χ0n) is 14.9. The summed E-state index contributed by atoms with van der Waals surface area (Å²) in [5.41, 5.74) is 0.489. The van der Waals surface area contributed by atoms with Crippen molar-refractivity contribution in [3.8, 4) is 0 Å². The first-order valence-electron chi connectivity index (χ1n) is 8.35. The number of carbonyl (C=O) groups is 1. The van der Waals surface area contributed by atoms with Gasteiger partial charge in [-0.3, -0.25) is 4.90 Å². The number of hydrogen-bond donors (Lipinski definition) is 0.